The molecule has 0 amide bonds. The number of hydrogen-bond acceptors (Lipinski definition) is 14. The SMILES string of the molecule is CCCCCCCCCCCCCCCCCC(=O)OC(COCC(O)CO)COCC(O)COCC(O)COCC(O)COCC(O)CO. The molecule has 14 heteroatoms. The Hall–Kier alpha value is -1.01. The first-order valence-corrected chi connectivity index (χ1v) is 18.9. The average Bonchev–Trinajstić information content (AvgIpc) is 3.09. The van der Waals surface area contributed by atoms with Gasteiger partial charge in [-0.2, -0.15) is 0 Å². The molecule has 7 N–H and O–H groups in total. The van der Waals surface area contributed by atoms with E-state index in [1.807, 2.05) is 0 Å². The van der Waals surface area contributed by atoms with Crippen LogP contribution >= 0.6 is 0 Å². The van der Waals surface area contributed by atoms with E-state index in [2.05, 4.69) is 6.92 Å². The summed E-state index contributed by atoms with van der Waals surface area (Å²) in [6, 6.07) is 0. The van der Waals surface area contributed by atoms with Crippen LogP contribution in [0.4, 0.5) is 0 Å². The van der Waals surface area contributed by atoms with Crippen LogP contribution < -0.4 is 0 Å². The van der Waals surface area contributed by atoms with E-state index >= 15 is 0 Å². The Morgan fingerprint density at radius 1 is 0.420 bits per heavy atom. The van der Waals surface area contributed by atoms with Crippen LogP contribution in [0.15, 0.2) is 0 Å². The highest BCUT2D eigenvalue weighted by Gasteiger charge is 2.18. The van der Waals surface area contributed by atoms with Crippen molar-refractivity contribution < 1.29 is 69.0 Å². The fourth-order valence-corrected chi connectivity index (χ4v) is 4.94. The summed E-state index contributed by atoms with van der Waals surface area (Å²) in [6.45, 7) is 0.249. The van der Waals surface area contributed by atoms with Gasteiger partial charge in [-0.1, -0.05) is 96.8 Å². The molecule has 6 atom stereocenters. The normalized spacial score (nSPS) is 15.4. The highest BCUT2D eigenvalue weighted by molar-refractivity contribution is 5.69. The average molecular weight is 729 g/mol. The van der Waals surface area contributed by atoms with E-state index in [0.29, 0.717) is 0 Å². The molecule has 0 aliphatic carbocycles. The van der Waals surface area contributed by atoms with E-state index in [0.717, 1.165) is 19.3 Å². The summed E-state index contributed by atoms with van der Waals surface area (Å²) in [5.41, 5.74) is 0. The highest BCUT2D eigenvalue weighted by Crippen LogP contribution is 2.14. The molecule has 300 valence electrons. The Morgan fingerprint density at radius 3 is 1.02 bits per heavy atom. The molecule has 0 aliphatic rings. The molecule has 0 spiro atoms. The standard InChI is InChI=1S/C36H72O14/c1-2-3-4-5-6-7-8-9-10-11-12-13-14-15-16-17-36(44)50-35(28-48-21-31(40)19-38)29-49-27-34(43)26-47-25-33(42)24-46-23-32(41)22-45-20-30(39)18-37/h30-35,37-43H,2-29H2,1H3. The third-order valence-electron chi connectivity index (χ3n) is 7.79. The molecule has 14 nitrogen and oxygen atoms in total. The van der Waals surface area contributed by atoms with Gasteiger partial charge in [0, 0.05) is 6.42 Å². The van der Waals surface area contributed by atoms with Crippen molar-refractivity contribution in [2.24, 2.45) is 0 Å². The molecule has 0 radical (unpaired) electrons. The largest absolute Gasteiger partial charge is 0.457 e. The van der Waals surface area contributed by atoms with E-state index in [-0.39, 0.29) is 78.5 Å². The van der Waals surface area contributed by atoms with Crippen LogP contribution in [0.1, 0.15) is 110 Å². The minimum atomic E-state index is -1.05. The van der Waals surface area contributed by atoms with Gasteiger partial charge in [-0.15, -0.1) is 0 Å². The quantitative estimate of drug-likeness (QED) is 0.0357. The maximum atomic E-state index is 12.5. The van der Waals surface area contributed by atoms with E-state index in [4.69, 9.17) is 38.6 Å². The molecule has 0 fully saturated rings. The van der Waals surface area contributed by atoms with Crippen molar-refractivity contribution in [1.29, 1.82) is 0 Å². The van der Waals surface area contributed by atoms with Gasteiger partial charge in [-0.25, -0.2) is 0 Å². The van der Waals surface area contributed by atoms with E-state index in [1.54, 1.807) is 0 Å². The summed E-state index contributed by atoms with van der Waals surface area (Å²) >= 11 is 0. The Morgan fingerprint density at radius 2 is 0.700 bits per heavy atom. The fraction of sp³-hybridized carbons (Fsp3) is 0.972. The number of ether oxygens (including phenoxy) is 6. The molecule has 0 aliphatic heterocycles. The summed E-state index contributed by atoms with van der Waals surface area (Å²) in [4.78, 5) is 12.5. The molecule has 50 heavy (non-hydrogen) atoms. The van der Waals surface area contributed by atoms with Crippen LogP contribution in [-0.2, 0) is 33.2 Å². The van der Waals surface area contributed by atoms with Crippen molar-refractivity contribution in [3.63, 3.8) is 0 Å². The molecule has 0 aromatic carbocycles. The van der Waals surface area contributed by atoms with Gasteiger partial charge in [0.25, 0.3) is 0 Å². The van der Waals surface area contributed by atoms with Crippen molar-refractivity contribution in [2.45, 2.75) is 146 Å². The molecule has 0 rings (SSSR count). The second kappa shape index (κ2) is 36.4. The number of esters is 1. The lowest BCUT2D eigenvalue weighted by molar-refractivity contribution is -0.158. The van der Waals surface area contributed by atoms with Gasteiger partial charge in [0.05, 0.1) is 79.3 Å². The molecular formula is C36H72O14. The van der Waals surface area contributed by atoms with Gasteiger partial charge in [0.15, 0.2) is 0 Å². The summed E-state index contributed by atoms with van der Waals surface area (Å²) < 4.78 is 32.0. The van der Waals surface area contributed by atoms with Gasteiger partial charge < -0.3 is 64.2 Å². The monoisotopic (exact) mass is 728 g/mol. The Bertz CT molecular complexity index is 718. The number of aliphatic hydroxyl groups excluding tert-OH is 7. The number of carbonyl (C=O) groups is 1. The molecule has 0 saturated heterocycles. The van der Waals surface area contributed by atoms with Crippen molar-refractivity contribution in [3.8, 4) is 0 Å². The maximum Gasteiger partial charge on any atom is 0.306 e. The van der Waals surface area contributed by atoms with Crippen LogP contribution in [0.5, 0.6) is 0 Å². The summed E-state index contributed by atoms with van der Waals surface area (Å²) in [5, 5.41) is 66.4. The van der Waals surface area contributed by atoms with Gasteiger partial charge in [0.1, 0.15) is 36.6 Å². The van der Waals surface area contributed by atoms with Crippen LogP contribution in [0.2, 0.25) is 0 Å². The van der Waals surface area contributed by atoms with Crippen LogP contribution in [0.25, 0.3) is 0 Å². The van der Waals surface area contributed by atoms with Gasteiger partial charge in [-0.05, 0) is 6.42 Å². The Balaban J connectivity index is 4.09. The Kier molecular flexibility index (Phi) is 35.6. The number of hydrogen-bond donors (Lipinski definition) is 7. The maximum absolute atomic E-state index is 12.5. The minimum Gasteiger partial charge on any atom is -0.457 e. The molecule has 0 heterocycles. The zero-order valence-electron chi connectivity index (χ0n) is 30.8. The van der Waals surface area contributed by atoms with Crippen LogP contribution in [0, 0.1) is 0 Å². The van der Waals surface area contributed by atoms with Gasteiger partial charge >= 0.3 is 5.97 Å². The molecule has 0 bridgehead atoms. The lowest BCUT2D eigenvalue weighted by Gasteiger charge is -2.20. The molecule has 0 aromatic heterocycles. The number of unbranched alkanes of at least 4 members (excludes halogenated alkanes) is 14. The second-order valence-corrected chi connectivity index (χ2v) is 13.1. The first kappa shape index (κ1) is 49.0. The third-order valence-corrected chi connectivity index (χ3v) is 7.79. The number of aliphatic hydroxyl groups is 7. The van der Waals surface area contributed by atoms with Crippen LogP contribution in [0.3, 0.4) is 0 Å². The predicted molar refractivity (Wildman–Crippen MR) is 188 cm³/mol. The Labute approximate surface area is 300 Å². The van der Waals surface area contributed by atoms with E-state index in [1.165, 1.54) is 77.0 Å². The van der Waals surface area contributed by atoms with Gasteiger partial charge in [0.2, 0.25) is 0 Å². The third kappa shape index (κ3) is 34.1. The van der Waals surface area contributed by atoms with Gasteiger partial charge in [-0.3, -0.25) is 4.79 Å². The number of rotatable bonds is 39. The number of carbonyl (C=O) groups excluding carboxylic acids is 1. The predicted octanol–water partition coefficient (Wildman–Crippen LogP) is 2.03. The first-order valence-electron chi connectivity index (χ1n) is 18.9. The van der Waals surface area contributed by atoms with Crippen molar-refractivity contribution in [1.82, 2.24) is 0 Å². The summed E-state index contributed by atoms with van der Waals surface area (Å²) in [6.07, 6.45) is 13.0. The fourth-order valence-electron chi connectivity index (χ4n) is 4.94. The van der Waals surface area contributed by atoms with E-state index < -0.39 is 49.8 Å². The van der Waals surface area contributed by atoms with E-state index in [9.17, 15) is 30.3 Å². The van der Waals surface area contributed by atoms with Crippen molar-refractivity contribution >= 4 is 5.97 Å². The molecule has 0 aromatic rings. The molecule has 0 saturated carbocycles. The van der Waals surface area contributed by atoms with Crippen molar-refractivity contribution in [3.05, 3.63) is 0 Å². The summed E-state index contributed by atoms with van der Waals surface area (Å²) in [7, 11) is 0. The second-order valence-electron chi connectivity index (χ2n) is 13.1. The minimum absolute atomic E-state index is 0.0497. The molecule has 6 unspecified atom stereocenters. The smallest absolute Gasteiger partial charge is 0.306 e. The first-order chi connectivity index (χ1) is 24.2. The van der Waals surface area contributed by atoms with Crippen molar-refractivity contribution in [2.75, 3.05) is 79.3 Å². The summed E-state index contributed by atoms with van der Waals surface area (Å²) in [5.74, 6) is -0.375. The van der Waals surface area contributed by atoms with Crippen LogP contribution in [-0.4, -0.2) is 158 Å². The molecular weight excluding hydrogens is 656 g/mol. The topological polar surface area (TPSA) is 214 Å². The highest BCUT2D eigenvalue weighted by atomic mass is 16.6. The zero-order valence-corrected chi connectivity index (χ0v) is 30.8. The zero-order chi connectivity index (χ0) is 37.1. The lowest BCUT2D eigenvalue weighted by Crippen LogP contribution is -2.33. The lowest BCUT2D eigenvalue weighted by atomic mass is 10.0.